The van der Waals surface area contributed by atoms with Gasteiger partial charge in [0.25, 0.3) is 0 Å². The van der Waals surface area contributed by atoms with Crippen molar-refractivity contribution < 1.29 is 9.16 Å². The first-order valence-corrected chi connectivity index (χ1v) is 9.06. The average Bonchev–Trinajstić information content (AvgIpc) is 2.51. The predicted octanol–water partition coefficient (Wildman–Crippen LogP) is 4.12. The topological polar surface area (TPSA) is 18.5 Å². The zero-order valence-corrected chi connectivity index (χ0v) is 14.5. The molecule has 0 amide bonds. The molecule has 1 rings (SSSR count). The standard InChI is InChI=1S/C17H28O2Si/c1-5-14-10-9-11-15(12-14)17(7-3)19-20-16(6-2)13-18-8-4/h5,9-12,16-17H,1,6-8,13,20H2,2-4H3. The molecule has 0 N–H and O–H groups in total. The van der Waals surface area contributed by atoms with Gasteiger partial charge in [-0.05, 0) is 36.1 Å². The fraction of sp³-hybridized carbons (Fsp3) is 0.529. The van der Waals surface area contributed by atoms with Gasteiger partial charge in [-0.25, -0.2) is 0 Å². The zero-order valence-electron chi connectivity index (χ0n) is 13.1. The van der Waals surface area contributed by atoms with Gasteiger partial charge in [-0.3, -0.25) is 0 Å². The van der Waals surface area contributed by atoms with Crippen LogP contribution in [0.4, 0.5) is 0 Å². The molecule has 0 aliphatic rings. The second-order valence-electron chi connectivity index (χ2n) is 5.04. The molecule has 0 spiro atoms. The van der Waals surface area contributed by atoms with Crippen molar-refractivity contribution in [2.45, 2.75) is 45.3 Å². The number of ether oxygens (including phenoxy) is 1. The minimum absolute atomic E-state index is 0.220. The van der Waals surface area contributed by atoms with Gasteiger partial charge in [0.1, 0.15) is 0 Å². The molecule has 0 saturated carbocycles. The van der Waals surface area contributed by atoms with Crippen LogP contribution in [0.2, 0.25) is 5.54 Å². The third-order valence-corrected chi connectivity index (χ3v) is 5.44. The van der Waals surface area contributed by atoms with Crippen LogP contribution in [0, 0.1) is 0 Å². The van der Waals surface area contributed by atoms with Crippen molar-refractivity contribution in [3.05, 3.63) is 42.0 Å². The molecule has 0 fully saturated rings. The third-order valence-electron chi connectivity index (χ3n) is 3.56. The molecule has 3 heteroatoms. The molecule has 0 aromatic heterocycles. The smallest absolute Gasteiger partial charge is 0.167 e. The second kappa shape index (κ2) is 9.92. The van der Waals surface area contributed by atoms with Gasteiger partial charge in [-0.2, -0.15) is 0 Å². The van der Waals surface area contributed by atoms with Crippen molar-refractivity contribution in [3.8, 4) is 0 Å². The number of hydrogen-bond donors (Lipinski definition) is 0. The Kier molecular flexibility index (Phi) is 8.50. The van der Waals surface area contributed by atoms with Gasteiger partial charge >= 0.3 is 0 Å². The fourth-order valence-corrected chi connectivity index (χ4v) is 3.59. The lowest BCUT2D eigenvalue weighted by atomic mass is 10.0. The van der Waals surface area contributed by atoms with Crippen molar-refractivity contribution >= 4 is 15.8 Å². The Bertz CT molecular complexity index is 392. The van der Waals surface area contributed by atoms with Crippen LogP contribution in [0.5, 0.6) is 0 Å². The highest BCUT2D eigenvalue weighted by Gasteiger charge is 2.14. The Hall–Kier alpha value is -0.903. The minimum Gasteiger partial charge on any atom is -0.417 e. The molecule has 20 heavy (non-hydrogen) atoms. The lowest BCUT2D eigenvalue weighted by molar-refractivity contribution is 0.134. The molecule has 2 unspecified atom stereocenters. The van der Waals surface area contributed by atoms with Crippen molar-refractivity contribution in [1.29, 1.82) is 0 Å². The molecule has 2 nitrogen and oxygen atoms in total. The van der Waals surface area contributed by atoms with Crippen LogP contribution in [0.3, 0.4) is 0 Å². The van der Waals surface area contributed by atoms with Crippen LogP contribution < -0.4 is 0 Å². The molecule has 0 bridgehead atoms. The van der Waals surface area contributed by atoms with Crippen molar-refractivity contribution in [2.75, 3.05) is 13.2 Å². The second-order valence-corrected chi connectivity index (χ2v) is 6.86. The SMILES string of the molecule is C=Cc1cccc(C(CC)O[SiH2]C(CC)COCC)c1. The summed E-state index contributed by atoms with van der Waals surface area (Å²) in [6.07, 6.45) is 4.27. The lowest BCUT2D eigenvalue weighted by Crippen LogP contribution is -2.16. The predicted molar refractivity (Wildman–Crippen MR) is 89.7 cm³/mol. The summed E-state index contributed by atoms with van der Waals surface area (Å²) >= 11 is 0. The Morgan fingerprint density at radius 2 is 2.05 bits per heavy atom. The summed E-state index contributed by atoms with van der Waals surface area (Å²) in [6.45, 7) is 11.9. The molecule has 0 saturated heterocycles. The van der Waals surface area contributed by atoms with Gasteiger partial charge in [0.15, 0.2) is 9.76 Å². The molecule has 0 radical (unpaired) electrons. The van der Waals surface area contributed by atoms with Crippen LogP contribution in [0.25, 0.3) is 6.08 Å². The van der Waals surface area contributed by atoms with Gasteiger partial charge in [0.05, 0.1) is 6.10 Å². The summed E-state index contributed by atoms with van der Waals surface area (Å²) in [5.41, 5.74) is 3.04. The fourth-order valence-electron chi connectivity index (χ4n) is 2.16. The summed E-state index contributed by atoms with van der Waals surface area (Å²) in [4.78, 5) is 0. The van der Waals surface area contributed by atoms with E-state index >= 15 is 0 Å². The molecule has 0 heterocycles. The maximum atomic E-state index is 6.25. The van der Waals surface area contributed by atoms with E-state index in [0.717, 1.165) is 31.6 Å². The van der Waals surface area contributed by atoms with Crippen LogP contribution in [0.1, 0.15) is 50.8 Å². The first-order chi connectivity index (χ1) is 9.74. The van der Waals surface area contributed by atoms with Crippen molar-refractivity contribution in [3.63, 3.8) is 0 Å². The Morgan fingerprint density at radius 3 is 2.65 bits per heavy atom. The lowest BCUT2D eigenvalue weighted by Gasteiger charge is -2.21. The van der Waals surface area contributed by atoms with E-state index in [1.54, 1.807) is 0 Å². The van der Waals surface area contributed by atoms with E-state index in [0.29, 0.717) is 5.54 Å². The van der Waals surface area contributed by atoms with E-state index in [1.807, 2.05) is 13.0 Å². The first kappa shape index (κ1) is 17.1. The Balaban J connectivity index is 2.59. The van der Waals surface area contributed by atoms with E-state index in [2.05, 4.69) is 44.7 Å². The highest BCUT2D eigenvalue weighted by atomic mass is 28.2. The van der Waals surface area contributed by atoms with Gasteiger partial charge in [0, 0.05) is 13.2 Å². The van der Waals surface area contributed by atoms with Crippen LogP contribution in [-0.4, -0.2) is 23.0 Å². The third kappa shape index (κ3) is 5.61. The van der Waals surface area contributed by atoms with E-state index in [1.165, 1.54) is 5.56 Å². The summed E-state index contributed by atoms with van der Waals surface area (Å²) in [7, 11) is -0.567. The van der Waals surface area contributed by atoms with Gasteiger partial charge in [-0.1, -0.05) is 51.1 Å². The normalized spacial score (nSPS) is 14.6. The zero-order chi connectivity index (χ0) is 14.8. The molecule has 0 aliphatic heterocycles. The maximum absolute atomic E-state index is 6.25. The van der Waals surface area contributed by atoms with Crippen LogP contribution >= 0.6 is 0 Å². The minimum atomic E-state index is -0.567. The molecule has 0 aliphatic carbocycles. The molecule has 112 valence electrons. The maximum Gasteiger partial charge on any atom is 0.167 e. The number of benzene rings is 1. The molecule has 1 aromatic carbocycles. The molecule has 1 aromatic rings. The number of rotatable bonds is 10. The summed E-state index contributed by atoms with van der Waals surface area (Å²) < 4.78 is 11.8. The quantitative estimate of drug-likeness (QED) is 0.604. The molecular weight excluding hydrogens is 264 g/mol. The van der Waals surface area contributed by atoms with E-state index in [-0.39, 0.29) is 6.10 Å². The highest BCUT2D eigenvalue weighted by molar-refractivity contribution is 6.29. The van der Waals surface area contributed by atoms with E-state index < -0.39 is 9.76 Å². The Morgan fingerprint density at radius 1 is 1.25 bits per heavy atom. The Labute approximate surface area is 126 Å². The summed E-state index contributed by atoms with van der Waals surface area (Å²) in [6, 6.07) is 8.49. The largest absolute Gasteiger partial charge is 0.417 e. The van der Waals surface area contributed by atoms with Crippen LogP contribution in [0.15, 0.2) is 30.8 Å². The highest BCUT2D eigenvalue weighted by Crippen LogP contribution is 2.24. The molecular formula is C17H28O2Si. The number of hydrogen-bond acceptors (Lipinski definition) is 2. The first-order valence-electron chi connectivity index (χ1n) is 7.66. The molecule has 2 atom stereocenters. The van der Waals surface area contributed by atoms with Crippen LogP contribution in [-0.2, 0) is 9.16 Å². The summed E-state index contributed by atoms with van der Waals surface area (Å²) in [5, 5.41) is 0. The average molecular weight is 292 g/mol. The summed E-state index contributed by atoms with van der Waals surface area (Å²) in [5.74, 6) is 0. The van der Waals surface area contributed by atoms with Gasteiger partial charge in [-0.15, -0.1) is 0 Å². The van der Waals surface area contributed by atoms with E-state index in [4.69, 9.17) is 9.16 Å². The monoisotopic (exact) mass is 292 g/mol. The van der Waals surface area contributed by atoms with E-state index in [9.17, 15) is 0 Å². The van der Waals surface area contributed by atoms with Gasteiger partial charge in [0.2, 0.25) is 0 Å². The van der Waals surface area contributed by atoms with Gasteiger partial charge < -0.3 is 9.16 Å². The van der Waals surface area contributed by atoms with Crippen molar-refractivity contribution in [1.82, 2.24) is 0 Å². The van der Waals surface area contributed by atoms with Crippen molar-refractivity contribution in [2.24, 2.45) is 0 Å².